The van der Waals surface area contributed by atoms with Gasteiger partial charge in [0.15, 0.2) is 0 Å². The molecule has 2 aromatic rings. The van der Waals surface area contributed by atoms with Gasteiger partial charge in [0.25, 0.3) is 5.91 Å². The second kappa shape index (κ2) is 5.32. The minimum absolute atomic E-state index is 0.0578. The molecule has 3 rings (SSSR count). The van der Waals surface area contributed by atoms with E-state index in [1.807, 2.05) is 29.0 Å². The summed E-state index contributed by atoms with van der Waals surface area (Å²) in [5.41, 5.74) is 1.03. The van der Waals surface area contributed by atoms with Crippen molar-refractivity contribution < 1.29 is 9.21 Å². The van der Waals surface area contributed by atoms with Gasteiger partial charge in [-0.3, -0.25) is 9.69 Å². The lowest BCUT2D eigenvalue weighted by atomic mass is 10.3. The zero-order valence-corrected chi connectivity index (χ0v) is 12.2. The second-order valence-electron chi connectivity index (χ2n) is 3.90. The van der Waals surface area contributed by atoms with Crippen LogP contribution in [0.4, 0.5) is 0 Å². The van der Waals surface area contributed by atoms with Gasteiger partial charge < -0.3 is 4.42 Å². The van der Waals surface area contributed by atoms with E-state index in [4.69, 9.17) is 16.6 Å². The highest BCUT2D eigenvalue weighted by Crippen LogP contribution is 2.33. The molecule has 6 heteroatoms. The van der Waals surface area contributed by atoms with Crippen LogP contribution in [0.15, 0.2) is 44.5 Å². The van der Waals surface area contributed by atoms with Gasteiger partial charge in [-0.15, -0.1) is 0 Å². The van der Waals surface area contributed by atoms with Crippen molar-refractivity contribution in [2.75, 3.05) is 0 Å². The monoisotopic (exact) mass is 307 g/mol. The highest BCUT2D eigenvalue weighted by atomic mass is 32.2. The average Bonchev–Trinajstić information content (AvgIpc) is 3.10. The zero-order chi connectivity index (χ0) is 13.2. The summed E-state index contributed by atoms with van der Waals surface area (Å²) in [7, 11) is 0. The molecule has 96 valence electrons. The number of hydrogen-bond acceptors (Lipinski definition) is 5. The summed E-state index contributed by atoms with van der Waals surface area (Å²) in [4.78, 5) is 14.5. The molecule has 0 bridgehead atoms. The Morgan fingerprint density at radius 2 is 2.32 bits per heavy atom. The average molecular weight is 307 g/mol. The SMILES string of the molecule is O=C1/C(=C\c2ccsc2)SC(=S)N1Cc1ccco1. The van der Waals surface area contributed by atoms with Crippen LogP contribution in [0.3, 0.4) is 0 Å². The molecule has 0 spiro atoms. The molecule has 1 aliphatic rings. The Hall–Kier alpha value is -1.37. The molecule has 0 saturated carbocycles. The fourth-order valence-electron chi connectivity index (χ4n) is 1.70. The second-order valence-corrected chi connectivity index (χ2v) is 6.36. The summed E-state index contributed by atoms with van der Waals surface area (Å²) in [6, 6.07) is 5.61. The molecule has 0 aromatic carbocycles. The number of carbonyl (C=O) groups is 1. The van der Waals surface area contributed by atoms with Crippen LogP contribution in [0.2, 0.25) is 0 Å². The maximum Gasteiger partial charge on any atom is 0.266 e. The molecule has 1 amide bonds. The van der Waals surface area contributed by atoms with Crippen molar-refractivity contribution >= 4 is 51.6 Å². The molecular weight excluding hydrogens is 298 g/mol. The highest BCUT2D eigenvalue weighted by molar-refractivity contribution is 8.26. The predicted octanol–water partition coefficient (Wildman–Crippen LogP) is 3.74. The van der Waals surface area contributed by atoms with Crippen molar-refractivity contribution in [3.63, 3.8) is 0 Å². The van der Waals surface area contributed by atoms with E-state index in [-0.39, 0.29) is 5.91 Å². The maximum absolute atomic E-state index is 12.3. The minimum atomic E-state index is -0.0578. The predicted molar refractivity (Wildman–Crippen MR) is 81.7 cm³/mol. The molecule has 1 saturated heterocycles. The molecule has 1 fully saturated rings. The van der Waals surface area contributed by atoms with Crippen LogP contribution in [0.25, 0.3) is 6.08 Å². The fraction of sp³-hybridized carbons (Fsp3) is 0.0769. The Labute approximate surface area is 123 Å². The number of thioether (sulfide) groups is 1. The molecule has 0 unspecified atom stereocenters. The van der Waals surface area contributed by atoms with Crippen LogP contribution in [0.5, 0.6) is 0 Å². The first kappa shape index (κ1) is 12.7. The lowest BCUT2D eigenvalue weighted by molar-refractivity contribution is -0.122. The van der Waals surface area contributed by atoms with Gasteiger partial charge in [-0.25, -0.2) is 0 Å². The first-order valence-corrected chi connectivity index (χ1v) is 7.71. The number of nitrogens with zero attached hydrogens (tertiary/aromatic N) is 1. The van der Waals surface area contributed by atoms with E-state index < -0.39 is 0 Å². The summed E-state index contributed by atoms with van der Waals surface area (Å²) >= 11 is 8.19. The van der Waals surface area contributed by atoms with Crippen LogP contribution in [0, 0.1) is 0 Å². The van der Waals surface area contributed by atoms with Crippen LogP contribution < -0.4 is 0 Å². The number of carbonyl (C=O) groups excluding carboxylic acids is 1. The third kappa shape index (κ3) is 2.65. The smallest absolute Gasteiger partial charge is 0.266 e. The zero-order valence-electron chi connectivity index (χ0n) is 9.74. The van der Waals surface area contributed by atoms with E-state index in [1.165, 1.54) is 11.8 Å². The molecule has 0 atom stereocenters. The molecule has 3 nitrogen and oxygen atoms in total. The van der Waals surface area contributed by atoms with Crippen molar-refractivity contribution in [2.24, 2.45) is 0 Å². The lowest BCUT2D eigenvalue weighted by Crippen LogP contribution is -2.27. The number of rotatable bonds is 3. The Bertz CT molecular complexity index is 629. The van der Waals surface area contributed by atoms with E-state index in [2.05, 4.69) is 0 Å². The Balaban J connectivity index is 1.81. The van der Waals surface area contributed by atoms with Gasteiger partial charge in [0.2, 0.25) is 0 Å². The van der Waals surface area contributed by atoms with Crippen molar-refractivity contribution in [3.8, 4) is 0 Å². The van der Waals surface area contributed by atoms with Crippen molar-refractivity contribution in [1.29, 1.82) is 0 Å². The molecule has 1 aliphatic heterocycles. The quantitative estimate of drug-likeness (QED) is 0.639. The van der Waals surface area contributed by atoms with Crippen LogP contribution in [0.1, 0.15) is 11.3 Å². The van der Waals surface area contributed by atoms with Crippen molar-refractivity contribution in [3.05, 3.63) is 51.5 Å². The standard InChI is InChI=1S/C13H9NO2S3/c15-12-11(6-9-3-5-18-8-9)19-13(17)14(12)7-10-2-1-4-16-10/h1-6,8H,7H2/b11-6+. The first-order valence-electron chi connectivity index (χ1n) is 5.54. The van der Waals surface area contributed by atoms with Gasteiger partial charge in [-0.1, -0.05) is 24.0 Å². The van der Waals surface area contributed by atoms with E-state index >= 15 is 0 Å². The number of furan rings is 1. The molecule has 2 aromatic heterocycles. The van der Waals surface area contributed by atoms with E-state index in [1.54, 1.807) is 28.6 Å². The maximum atomic E-state index is 12.3. The summed E-state index contributed by atoms with van der Waals surface area (Å²) in [5, 5.41) is 3.98. The molecule has 19 heavy (non-hydrogen) atoms. The van der Waals surface area contributed by atoms with Crippen LogP contribution >= 0.6 is 35.3 Å². The van der Waals surface area contributed by atoms with Gasteiger partial charge >= 0.3 is 0 Å². The van der Waals surface area contributed by atoms with Crippen molar-refractivity contribution in [2.45, 2.75) is 6.54 Å². The van der Waals surface area contributed by atoms with E-state index in [9.17, 15) is 4.79 Å². The van der Waals surface area contributed by atoms with Gasteiger partial charge in [-0.2, -0.15) is 11.3 Å². The largest absolute Gasteiger partial charge is 0.467 e. The van der Waals surface area contributed by atoms with Gasteiger partial charge in [0, 0.05) is 0 Å². The topological polar surface area (TPSA) is 33.5 Å². The minimum Gasteiger partial charge on any atom is -0.467 e. The molecule has 0 radical (unpaired) electrons. The van der Waals surface area contributed by atoms with Crippen LogP contribution in [-0.2, 0) is 11.3 Å². The summed E-state index contributed by atoms with van der Waals surface area (Å²) in [5.74, 6) is 0.672. The summed E-state index contributed by atoms with van der Waals surface area (Å²) < 4.78 is 5.82. The molecule has 0 N–H and O–H groups in total. The molecule has 3 heterocycles. The first-order chi connectivity index (χ1) is 9.24. The molecule has 0 aliphatic carbocycles. The number of thiocarbonyl (C=S) groups is 1. The van der Waals surface area contributed by atoms with Crippen molar-refractivity contribution in [1.82, 2.24) is 4.90 Å². The summed E-state index contributed by atoms with van der Waals surface area (Å²) in [6.07, 6.45) is 3.46. The fourth-order valence-corrected chi connectivity index (χ4v) is 3.58. The Morgan fingerprint density at radius 1 is 1.42 bits per heavy atom. The van der Waals surface area contributed by atoms with E-state index in [0.717, 1.165) is 11.3 Å². The number of thiophene rings is 1. The third-order valence-corrected chi connectivity index (χ3v) is 4.69. The Kier molecular flexibility index (Phi) is 3.54. The third-order valence-electron chi connectivity index (χ3n) is 2.61. The normalized spacial score (nSPS) is 17.7. The van der Waals surface area contributed by atoms with Gasteiger partial charge in [0.1, 0.15) is 10.1 Å². The van der Waals surface area contributed by atoms with Gasteiger partial charge in [-0.05, 0) is 40.6 Å². The number of amides is 1. The lowest BCUT2D eigenvalue weighted by Gasteiger charge is -2.11. The van der Waals surface area contributed by atoms with E-state index in [0.29, 0.717) is 15.8 Å². The van der Waals surface area contributed by atoms with Gasteiger partial charge in [0.05, 0.1) is 17.7 Å². The van der Waals surface area contributed by atoms with Crippen LogP contribution in [-0.4, -0.2) is 15.1 Å². The Morgan fingerprint density at radius 3 is 3.00 bits per heavy atom. The molecular formula is C13H9NO2S3. The summed E-state index contributed by atoms with van der Waals surface area (Å²) in [6.45, 7) is 0.388. The number of hydrogen-bond donors (Lipinski definition) is 0. The highest BCUT2D eigenvalue weighted by Gasteiger charge is 2.32.